The highest BCUT2D eigenvalue weighted by atomic mass is 19.1. The highest BCUT2D eigenvalue weighted by molar-refractivity contribution is 5.99. The van der Waals surface area contributed by atoms with Crippen molar-refractivity contribution in [1.29, 1.82) is 0 Å². The molecule has 4 aliphatic rings. The van der Waals surface area contributed by atoms with Crippen molar-refractivity contribution in [1.82, 2.24) is 0 Å². The van der Waals surface area contributed by atoms with Crippen LogP contribution in [0.1, 0.15) is 184 Å². The van der Waals surface area contributed by atoms with E-state index in [4.69, 9.17) is 0 Å². The maximum absolute atomic E-state index is 15.0. The van der Waals surface area contributed by atoms with E-state index in [0.717, 1.165) is 73.1 Å². The number of fused-ring (bicyclic) bond motifs is 8. The van der Waals surface area contributed by atoms with Gasteiger partial charge in [-0.3, -0.25) is 0 Å². The average molecular weight is 1630 g/mol. The Morgan fingerprint density at radius 2 is 0.602 bits per heavy atom. The van der Waals surface area contributed by atoms with Gasteiger partial charge < -0.3 is 0 Å². The molecule has 624 valence electrons. The van der Waals surface area contributed by atoms with Crippen LogP contribution in [0.5, 0.6) is 0 Å². The predicted octanol–water partition coefficient (Wildman–Crippen LogP) is 27.3. The maximum atomic E-state index is 15.0. The lowest BCUT2D eigenvalue weighted by molar-refractivity contribution is -0.665. The van der Waals surface area contributed by atoms with E-state index >= 15 is 4.39 Å². The molecule has 2 bridgehead atoms. The van der Waals surface area contributed by atoms with Gasteiger partial charge in [0.15, 0.2) is 28.5 Å². The summed E-state index contributed by atoms with van der Waals surface area (Å²) in [7, 11) is 10.7. The van der Waals surface area contributed by atoms with Crippen molar-refractivity contribution in [3.63, 3.8) is 0 Å². The first-order valence-electron chi connectivity index (χ1n) is 44.5. The van der Waals surface area contributed by atoms with Crippen LogP contribution < -0.4 is 22.8 Å². The summed E-state index contributed by atoms with van der Waals surface area (Å²) in [6.07, 6.45) is 9.36. The van der Waals surface area contributed by atoms with Gasteiger partial charge in [-0.25, -0.2) is 8.78 Å². The van der Waals surface area contributed by atoms with Crippen LogP contribution in [-0.2, 0) is 48.1 Å². The van der Waals surface area contributed by atoms with E-state index in [9.17, 15) is 4.39 Å². The fourth-order valence-corrected chi connectivity index (χ4v) is 20.5. The summed E-state index contributed by atoms with van der Waals surface area (Å²) in [5, 5.41) is 12.7. The van der Waals surface area contributed by atoms with Gasteiger partial charge in [-0.15, -0.1) is 0 Å². The normalized spacial score (nSPS) is 13.8. The SMILES string of the molecule is Cc1ccc2c(-c3c(C)c(C)cc(C)c3F)[n+](C)c(C)cc2c1.Cc1ccc2c(-c3cc(C)c(F)c(C)c3C)[n+](C)c(C)cc2c1.Cc1ccc2c(-c3cc4c(cc3C)C3CCC4CC3)[n+](C)c(C)cc2c1.Cc1ccc2c(-c3cc4c(cc3C)CCC4)[n+](C)c(C)cc2c1.Cc1ccc2c(-c3ccc(-c4c(C)cccc4C)cc3C)[n+](C)c(C)cc2c1. The van der Waals surface area contributed by atoms with Gasteiger partial charge in [0.1, 0.15) is 46.9 Å². The van der Waals surface area contributed by atoms with Gasteiger partial charge in [0.2, 0.25) is 28.5 Å². The van der Waals surface area contributed by atoms with E-state index in [2.05, 4.69) is 337 Å². The minimum Gasteiger partial charge on any atom is -0.206 e. The van der Waals surface area contributed by atoms with Crippen LogP contribution in [0.15, 0.2) is 194 Å². The van der Waals surface area contributed by atoms with E-state index in [1.165, 1.54) is 211 Å². The van der Waals surface area contributed by atoms with E-state index in [1.807, 2.05) is 60.7 Å². The van der Waals surface area contributed by atoms with E-state index in [0.29, 0.717) is 11.1 Å². The van der Waals surface area contributed by atoms with Gasteiger partial charge in [0, 0.05) is 70.5 Å². The lowest BCUT2D eigenvalue weighted by Gasteiger charge is -2.38. The Morgan fingerprint density at radius 1 is 0.252 bits per heavy atom. The van der Waals surface area contributed by atoms with Gasteiger partial charge in [-0.1, -0.05) is 137 Å². The van der Waals surface area contributed by atoms with Gasteiger partial charge in [-0.2, -0.15) is 22.8 Å². The quantitative estimate of drug-likeness (QED) is 0.148. The summed E-state index contributed by atoms with van der Waals surface area (Å²) in [6.45, 7) is 44.3. The molecule has 0 N–H and O–H groups in total. The Balaban J connectivity index is 0.000000119. The van der Waals surface area contributed by atoms with Crippen LogP contribution in [0, 0.1) is 157 Å². The highest BCUT2D eigenvalue weighted by Crippen LogP contribution is 2.51. The number of rotatable bonds is 6. The van der Waals surface area contributed by atoms with Gasteiger partial charge >= 0.3 is 0 Å². The second-order valence-corrected chi connectivity index (χ2v) is 37.0. The van der Waals surface area contributed by atoms with E-state index in [-0.39, 0.29) is 11.6 Å². The monoisotopic (exact) mass is 1630 g/mol. The average Bonchev–Trinajstić information content (AvgIpc) is 1.02. The van der Waals surface area contributed by atoms with Crippen molar-refractivity contribution in [3.05, 3.63) is 345 Å². The van der Waals surface area contributed by atoms with Gasteiger partial charge in [0.05, 0.1) is 49.2 Å². The Labute approximate surface area is 731 Å². The second kappa shape index (κ2) is 34.6. The molecule has 0 aliphatic heterocycles. The second-order valence-electron chi connectivity index (χ2n) is 37.0. The number of pyridine rings is 5. The Kier molecular flexibility index (Phi) is 24.2. The number of aryl methyl sites for hydroxylation is 20. The smallest absolute Gasteiger partial charge is 0.206 e. The zero-order valence-electron chi connectivity index (χ0n) is 78.1. The fourth-order valence-electron chi connectivity index (χ4n) is 20.5. The molecule has 0 amide bonds. The van der Waals surface area contributed by atoms with Crippen molar-refractivity contribution in [2.45, 2.75) is 202 Å². The van der Waals surface area contributed by atoms with Gasteiger partial charge in [0.25, 0.3) is 0 Å². The highest BCUT2D eigenvalue weighted by Gasteiger charge is 2.36. The predicted molar refractivity (Wildman–Crippen MR) is 514 cm³/mol. The first-order chi connectivity index (χ1) is 58.5. The molecule has 123 heavy (non-hydrogen) atoms. The van der Waals surface area contributed by atoms with E-state index in [1.54, 1.807) is 22.3 Å². The number of aromatic nitrogens is 5. The van der Waals surface area contributed by atoms with Crippen molar-refractivity contribution >= 4 is 53.9 Å². The first kappa shape index (κ1) is 86.3. The minimum absolute atomic E-state index is 0.0956. The molecule has 5 nitrogen and oxygen atoms in total. The Hall–Kier alpha value is -11.7. The third kappa shape index (κ3) is 16.5. The summed E-state index contributed by atoms with van der Waals surface area (Å²) < 4.78 is 40.6. The molecular formula is C116H126F2N5+5. The molecule has 4 aliphatic carbocycles. The summed E-state index contributed by atoms with van der Waals surface area (Å²) >= 11 is 0. The maximum Gasteiger partial charge on any atom is 0.223 e. The lowest BCUT2D eigenvalue weighted by Crippen LogP contribution is -2.35. The molecule has 0 atom stereocenters. The molecule has 0 radical (unpaired) electrons. The van der Waals surface area contributed by atoms with Crippen molar-refractivity contribution in [2.24, 2.45) is 35.2 Å². The topological polar surface area (TPSA) is 19.4 Å². The molecule has 0 unspecified atom stereocenters. The zero-order valence-corrected chi connectivity index (χ0v) is 78.1. The molecule has 1 saturated carbocycles. The number of hydrogen-bond acceptors (Lipinski definition) is 0. The number of nitrogens with zero attached hydrogens (tertiary/aromatic N) is 5. The number of hydrogen-bond donors (Lipinski definition) is 0. The van der Waals surface area contributed by atoms with Crippen molar-refractivity contribution in [3.8, 4) is 67.4 Å². The molecule has 20 rings (SSSR count). The molecule has 0 saturated heterocycles. The molecule has 5 aromatic heterocycles. The van der Waals surface area contributed by atoms with Crippen LogP contribution in [0.2, 0.25) is 0 Å². The standard InChI is InChI=1S/C27H28N.C25H28N.C22H24N.2C21H23FN/c1-17-10-12-25-23(14-17)16-21(5)28(6)27(25)24-13-11-22(15-20(24)4)26-18(2)8-7-9-19(26)3;1-15-5-10-21-20(11-15)13-17(3)26(4)25(21)22-14-24-19-8-6-18(7-9-19)23(24)12-16(22)2;1-14-8-9-20-19(10-14)12-16(3)23(4)22(20)21-13-18-7-5-6-17(18)11-15(21)2;1-12-7-8-18-17(9-12)11-14(3)23(6)21(18)19-10-13(2)20(22)16(5)15(19)4;1-12-7-8-18-17(9-12)11-15(4)23(6)21(18)19-16(5)13(2)10-14(3)20(19)22/h7-16H,1-6H3;5,10-14,18-19H,6-9H2,1-4H3;8-13H,5-7H2,1-4H3;2*7-11H,1-6H3/q5*+1. The zero-order chi connectivity index (χ0) is 87.9. The lowest BCUT2D eigenvalue weighted by atomic mass is 9.66. The van der Waals surface area contributed by atoms with E-state index < -0.39 is 0 Å². The van der Waals surface area contributed by atoms with Crippen LogP contribution in [0.3, 0.4) is 0 Å². The number of halogens is 2. The van der Waals surface area contributed by atoms with Crippen molar-refractivity contribution < 1.29 is 31.6 Å². The first-order valence-corrected chi connectivity index (χ1v) is 44.5. The van der Waals surface area contributed by atoms with Crippen LogP contribution in [0.4, 0.5) is 8.78 Å². The molecule has 5 heterocycles. The summed E-state index contributed by atoms with van der Waals surface area (Å²) in [5.74, 6) is 1.39. The number of benzene rings is 11. The third-order valence-electron chi connectivity index (χ3n) is 28.2. The summed E-state index contributed by atoms with van der Waals surface area (Å²) in [5.41, 5.74) is 45.9. The van der Waals surface area contributed by atoms with Crippen LogP contribution in [-0.4, -0.2) is 0 Å². The van der Waals surface area contributed by atoms with Crippen molar-refractivity contribution in [2.75, 3.05) is 0 Å². The summed E-state index contributed by atoms with van der Waals surface area (Å²) in [6, 6.07) is 71.9. The van der Waals surface area contributed by atoms with Crippen LogP contribution in [0.25, 0.3) is 121 Å². The molecule has 16 aromatic rings. The molecule has 1 fully saturated rings. The molecule has 11 aromatic carbocycles. The Morgan fingerprint density at radius 3 is 1.02 bits per heavy atom. The minimum atomic E-state index is -0.115. The van der Waals surface area contributed by atoms with Crippen LogP contribution >= 0.6 is 0 Å². The largest absolute Gasteiger partial charge is 0.223 e. The molecular weight excluding hydrogens is 1500 g/mol. The molecule has 7 heteroatoms. The third-order valence-corrected chi connectivity index (χ3v) is 28.2. The Bertz CT molecular complexity index is 6950. The van der Waals surface area contributed by atoms with Gasteiger partial charge in [-0.05, 0) is 344 Å². The molecule has 0 spiro atoms. The summed E-state index contributed by atoms with van der Waals surface area (Å²) in [4.78, 5) is 0. The fraction of sp³-hybridized carbons (Fsp3) is 0.302.